The fourth-order valence-corrected chi connectivity index (χ4v) is 1.05. The van der Waals surface area contributed by atoms with E-state index in [2.05, 4.69) is 24.1 Å². The molecule has 1 heterocycles. The van der Waals surface area contributed by atoms with Gasteiger partial charge in [-0.05, 0) is 26.0 Å². The fourth-order valence-electron chi connectivity index (χ4n) is 1.05. The van der Waals surface area contributed by atoms with E-state index in [-0.39, 0.29) is 0 Å². The predicted octanol–water partition coefficient (Wildman–Crippen LogP) is 1.97. The monoisotopic (exact) mass is 179 g/mol. The van der Waals surface area contributed by atoms with Gasteiger partial charge < -0.3 is 10.2 Å². The van der Waals surface area contributed by atoms with Gasteiger partial charge in [-0.25, -0.2) is 4.98 Å². The molecule has 72 valence electrons. The maximum absolute atomic E-state index is 4.43. The summed E-state index contributed by atoms with van der Waals surface area (Å²) in [6, 6.07) is 6.40. The zero-order valence-corrected chi connectivity index (χ0v) is 8.70. The van der Waals surface area contributed by atoms with Crippen molar-refractivity contribution in [2.24, 2.45) is 0 Å². The van der Waals surface area contributed by atoms with Crippen LogP contribution in [0.15, 0.2) is 18.2 Å². The Balaban J connectivity index is 2.79. The van der Waals surface area contributed by atoms with Crippen molar-refractivity contribution in [2.75, 3.05) is 24.3 Å². The lowest BCUT2D eigenvalue weighted by Gasteiger charge is -2.14. The van der Waals surface area contributed by atoms with Gasteiger partial charge in [0.1, 0.15) is 11.6 Å². The molecule has 1 N–H and O–H groups in total. The molecule has 1 aromatic heterocycles. The summed E-state index contributed by atoms with van der Waals surface area (Å²) in [6.45, 7) is 4.20. The number of nitrogens with one attached hydrogen (secondary N) is 1. The first kappa shape index (κ1) is 9.84. The lowest BCUT2D eigenvalue weighted by molar-refractivity contribution is 0.887. The molecule has 0 unspecified atom stereocenters. The average molecular weight is 179 g/mol. The topological polar surface area (TPSA) is 28.2 Å². The Morgan fingerprint density at radius 3 is 2.54 bits per heavy atom. The summed E-state index contributed by atoms with van der Waals surface area (Å²) >= 11 is 0. The molecule has 0 aliphatic carbocycles. The minimum Gasteiger partial charge on any atom is -0.368 e. The first-order valence-electron chi connectivity index (χ1n) is 4.50. The van der Waals surface area contributed by atoms with Crippen LogP contribution in [0.25, 0.3) is 0 Å². The zero-order valence-electron chi connectivity index (χ0n) is 8.70. The van der Waals surface area contributed by atoms with E-state index < -0.39 is 0 Å². The van der Waals surface area contributed by atoms with E-state index in [1.807, 2.05) is 37.2 Å². The average Bonchev–Trinajstić information content (AvgIpc) is 2.03. The molecule has 0 fully saturated rings. The van der Waals surface area contributed by atoms with Crippen molar-refractivity contribution >= 4 is 11.6 Å². The first-order valence-corrected chi connectivity index (χ1v) is 4.50. The quantitative estimate of drug-likeness (QED) is 0.769. The third-order valence-corrected chi connectivity index (χ3v) is 1.63. The molecule has 13 heavy (non-hydrogen) atoms. The van der Waals surface area contributed by atoms with Crippen molar-refractivity contribution in [1.82, 2.24) is 4.98 Å². The number of pyridine rings is 1. The molecule has 3 nitrogen and oxygen atoms in total. The van der Waals surface area contributed by atoms with E-state index in [1.54, 1.807) is 0 Å². The maximum Gasteiger partial charge on any atom is 0.130 e. The minimum absolute atomic E-state index is 0.421. The summed E-state index contributed by atoms with van der Waals surface area (Å²) in [4.78, 5) is 6.42. The summed E-state index contributed by atoms with van der Waals surface area (Å²) in [5, 5.41) is 3.26. The van der Waals surface area contributed by atoms with Crippen molar-refractivity contribution in [3.8, 4) is 0 Å². The smallest absolute Gasteiger partial charge is 0.130 e. The Morgan fingerprint density at radius 1 is 1.31 bits per heavy atom. The van der Waals surface area contributed by atoms with Crippen LogP contribution >= 0.6 is 0 Å². The number of nitrogens with zero attached hydrogens (tertiary/aromatic N) is 2. The summed E-state index contributed by atoms with van der Waals surface area (Å²) in [6.07, 6.45) is 0. The van der Waals surface area contributed by atoms with Crippen LogP contribution in [0, 0.1) is 0 Å². The van der Waals surface area contributed by atoms with Crippen LogP contribution in [0.2, 0.25) is 0 Å². The molecule has 1 aromatic rings. The van der Waals surface area contributed by atoms with E-state index in [0.717, 1.165) is 11.6 Å². The van der Waals surface area contributed by atoms with E-state index in [0.29, 0.717) is 6.04 Å². The normalized spacial score (nSPS) is 10.2. The molecule has 0 saturated carbocycles. The summed E-state index contributed by atoms with van der Waals surface area (Å²) in [5.74, 6) is 1.91. The van der Waals surface area contributed by atoms with Gasteiger partial charge in [0, 0.05) is 20.1 Å². The van der Waals surface area contributed by atoms with Crippen LogP contribution in [0.1, 0.15) is 13.8 Å². The molecule has 0 spiro atoms. The van der Waals surface area contributed by atoms with Crippen LogP contribution in [-0.2, 0) is 0 Å². The van der Waals surface area contributed by atoms with E-state index >= 15 is 0 Å². The Labute approximate surface area is 79.8 Å². The molecule has 0 aromatic carbocycles. The van der Waals surface area contributed by atoms with E-state index in [1.165, 1.54) is 0 Å². The minimum atomic E-state index is 0.421. The number of rotatable bonds is 3. The third kappa shape index (κ3) is 2.93. The van der Waals surface area contributed by atoms with E-state index in [4.69, 9.17) is 0 Å². The molecule has 1 rings (SSSR count). The molecule has 0 atom stereocenters. The highest BCUT2D eigenvalue weighted by atomic mass is 15.2. The predicted molar refractivity (Wildman–Crippen MR) is 57.3 cm³/mol. The third-order valence-electron chi connectivity index (χ3n) is 1.63. The summed E-state index contributed by atoms with van der Waals surface area (Å²) in [5.41, 5.74) is 0. The summed E-state index contributed by atoms with van der Waals surface area (Å²) in [7, 11) is 3.98. The van der Waals surface area contributed by atoms with Gasteiger partial charge >= 0.3 is 0 Å². The largest absolute Gasteiger partial charge is 0.368 e. The zero-order chi connectivity index (χ0) is 9.84. The van der Waals surface area contributed by atoms with Crippen molar-refractivity contribution in [1.29, 1.82) is 0 Å². The highest BCUT2D eigenvalue weighted by Crippen LogP contribution is 2.11. The van der Waals surface area contributed by atoms with Gasteiger partial charge in [-0.1, -0.05) is 6.07 Å². The van der Waals surface area contributed by atoms with Crippen molar-refractivity contribution in [3.63, 3.8) is 0 Å². The fraction of sp³-hybridized carbons (Fsp3) is 0.500. The molecule has 0 saturated heterocycles. The Bertz CT molecular complexity index is 269. The number of aromatic nitrogens is 1. The van der Waals surface area contributed by atoms with Gasteiger partial charge in [0.2, 0.25) is 0 Å². The Morgan fingerprint density at radius 2 is 2.00 bits per heavy atom. The molecule has 0 aliphatic rings. The van der Waals surface area contributed by atoms with Gasteiger partial charge in [0.05, 0.1) is 0 Å². The number of hydrogen-bond donors (Lipinski definition) is 1. The molecule has 3 heteroatoms. The Hall–Kier alpha value is -1.25. The summed E-state index contributed by atoms with van der Waals surface area (Å²) < 4.78 is 0. The number of hydrogen-bond acceptors (Lipinski definition) is 3. The van der Waals surface area contributed by atoms with Crippen LogP contribution < -0.4 is 10.2 Å². The molecular weight excluding hydrogens is 162 g/mol. The second-order valence-corrected chi connectivity index (χ2v) is 3.57. The highest BCUT2D eigenvalue weighted by Gasteiger charge is 1.99. The first-order chi connectivity index (χ1) is 6.09. The molecular formula is C10H17N3. The second kappa shape index (κ2) is 4.12. The van der Waals surface area contributed by atoms with Crippen LogP contribution in [0.3, 0.4) is 0 Å². The van der Waals surface area contributed by atoms with Gasteiger partial charge in [0.15, 0.2) is 0 Å². The van der Waals surface area contributed by atoms with Gasteiger partial charge in [-0.3, -0.25) is 0 Å². The van der Waals surface area contributed by atoms with Gasteiger partial charge in [-0.2, -0.15) is 0 Å². The molecule has 0 bridgehead atoms. The van der Waals surface area contributed by atoms with Gasteiger partial charge in [0.25, 0.3) is 0 Å². The van der Waals surface area contributed by atoms with Crippen LogP contribution in [0.5, 0.6) is 0 Å². The number of anilines is 2. The molecule has 0 radical (unpaired) electrons. The van der Waals surface area contributed by atoms with Gasteiger partial charge in [-0.15, -0.1) is 0 Å². The van der Waals surface area contributed by atoms with Crippen LogP contribution in [-0.4, -0.2) is 25.1 Å². The Kier molecular flexibility index (Phi) is 3.12. The highest BCUT2D eigenvalue weighted by molar-refractivity contribution is 5.46. The molecule has 0 amide bonds. The van der Waals surface area contributed by atoms with Crippen LogP contribution in [0.4, 0.5) is 11.6 Å². The van der Waals surface area contributed by atoms with Crippen molar-refractivity contribution in [2.45, 2.75) is 19.9 Å². The SMILES string of the molecule is CC(C)Nc1cccc(N(C)C)n1. The van der Waals surface area contributed by atoms with Crippen molar-refractivity contribution in [3.05, 3.63) is 18.2 Å². The standard InChI is InChI=1S/C10H17N3/c1-8(2)11-9-6-5-7-10(12-9)13(3)4/h5-8H,1-4H3,(H,11,12). The lowest BCUT2D eigenvalue weighted by atomic mass is 10.3. The lowest BCUT2D eigenvalue weighted by Crippen LogP contribution is -2.14. The maximum atomic E-state index is 4.43. The molecule has 0 aliphatic heterocycles. The second-order valence-electron chi connectivity index (χ2n) is 3.57. The van der Waals surface area contributed by atoms with Crippen molar-refractivity contribution < 1.29 is 0 Å². The van der Waals surface area contributed by atoms with E-state index in [9.17, 15) is 0 Å².